The van der Waals surface area contributed by atoms with Crippen molar-refractivity contribution in [3.8, 4) is 0 Å². The van der Waals surface area contributed by atoms with Gasteiger partial charge in [-0.3, -0.25) is 0 Å². The summed E-state index contributed by atoms with van der Waals surface area (Å²) in [7, 11) is 8.57. The number of anilines is 5. The molecule has 2 saturated heterocycles. The van der Waals surface area contributed by atoms with Crippen LogP contribution in [-0.2, 0) is 23.7 Å². The Kier molecular flexibility index (Phi) is 13.1. The van der Waals surface area contributed by atoms with E-state index in [-0.39, 0.29) is 6.10 Å². The summed E-state index contributed by atoms with van der Waals surface area (Å²) in [5.41, 5.74) is 1.41. The van der Waals surface area contributed by atoms with Gasteiger partial charge in [0.05, 0.1) is 32.5 Å². The lowest BCUT2D eigenvalue weighted by atomic mass is 10.1. The molecule has 2 aliphatic heterocycles. The Morgan fingerprint density at radius 1 is 0.604 bits per heavy atom. The van der Waals surface area contributed by atoms with Gasteiger partial charge in [-0.1, -0.05) is 5.10 Å². The first-order chi connectivity index (χ1) is 23.5. The Hall–Kier alpha value is -3.64. The molecule has 3 aromatic rings. The molecule has 0 saturated carbocycles. The highest BCUT2D eigenvalue weighted by atomic mass is 16.5. The molecule has 0 bridgehead atoms. The third-order valence-corrected chi connectivity index (χ3v) is 8.75. The number of rotatable bonds is 18. The summed E-state index contributed by atoms with van der Waals surface area (Å²) in [5.74, 6) is 3.26. The lowest BCUT2D eigenvalue weighted by Gasteiger charge is -2.36. The van der Waals surface area contributed by atoms with Crippen LogP contribution in [-0.4, -0.2) is 164 Å². The smallest absolute Gasteiger partial charge is 0.318 e. The standard InChI is InChI=1S/C31H51N11O6/c1-23-36-37-31(48-23)42-13-11-39(12-14-42)28-26-25(32-30(35-28)41(17-21-45-4)18-22-46-5)27(38-9-7-24(47-6)8-10-38)34-29(33-26)40(15-19-43-2)16-20-44-3/h24H,7-22H2,1-6H3. The van der Waals surface area contributed by atoms with Crippen LogP contribution in [0.15, 0.2) is 4.42 Å². The van der Waals surface area contributed by atoms with Crippen molar-refractivity contribution in [2.24, 2.45) is 0 Å². The van der Waals surface area contributed by atoms with Gasteiger partial charge in [-0.05, 0) is 12.8 Å². The topological polar surface area (TPSA) is 153 Å². The van der Waals surface area contributed by atoms with E-state index in [0.29, 0.717) is 114 Å². The minimum Gasteiger partial charge on any atom is -0.408 e. The van der Waals surface area contributed by atoms with Gasteiger partial charge >= 0.3 is 6.01 Å². The maximum atomic E-state index is 5.73. The highest BCUT2D eigenvalue weighted by Crippen LogP contribution is 2.34. The molecule has 0 aliphatic carbocycles. The maximum absolute atomic E-state index is 5.73. The van der Waals surface area contributed by atoms with E-state index in [4.69, 9.17) is 48.0 Å². The number of aromatic nitrogens is 6. The third-order valence-electron chi connectivity index (χ3n) is 8.75. The van der Waals surface area contributed by atoms with Crippen molar-refractivity contribution in [2.75, 3.05) is 152 Å². The molecule has 0 amide bonds. The van der Waals surface area contributed by atoms with E-state index >= 15 is 0 Å². The van der Waals surface area contributed by atoms with Crippen LogP contribution in [0, 0.1) is 6.92 Å². The van der Waals surface area contributed by atoms with Gasteiger partial charge in [-0.2, -0.15) is 9.97 Å². The summed E-state index contributed by atoms with van der Waals surface area (Å²) < 4.78 is 33.3. The number of piperidine rings is 1. The molecule has 0 spiro atoms. The van der Waals surface area contributed by atoms with Crippen LogP contribution in [0.1, 0.15) is 18.7 Å². The van der Waals surface area contributed by atoms with E-state index in [1.54, 1.807) is 42.5 Å². The van der Waals surface area contributed by atoms with Gasteiger partial charge in [-0.25, -0.2) is 9.97 Å². The van der Waals surface area contributed by atoms with Crippen molar-refractivity contribution in [3.05, 3.63) is 5.89 Å². The second kappa shape index (κ2) is 17.7. The molecular weight excluding hydrogens is 622 g/mol. The highest BCUT2D eigenvalue weighted by Gasteiger charge is 2.30. The summed E-state index contributed by atoms with van der Waals surface area (Å²) in [6.07, 6.45) is 2.00. The van der Waals surface area contributed by atoms with Crippen molar-refractivity contribution >= 4 is 40.6 Å². The maximum Gasteiger partial charge on any atom is 0.318 e. The first kappa shape index (κ1) is 35.7. The lowest BCUT2D eigenvalue weighted by molar-refractivity contribution is 0.0818. The van der Waals surface area contributed by atoms with Gasteiger partial charge in [0, 0.05) is 108 Å². The predicted octanol–water partition coefficient (Wildman–Crippen LogP) is 1.25. The Bertz CT molecular complexity index is 1400. The van der Waals surface area contributed by atoms with Gasteiger partial charge in [0.25, 0.3) is 0 Å². The fourth-order valence-electron chi connectivity index (χ4n) is 5.94. The molecule has 2 aliphatic rings. The van der Waals surface area contributed by atoms with Crippen molar-refractivity contribution in [1.82, 2.24) is 30.1 Å². The van der Waals surface area contributed by atoms with Crippen LogP contribution in [0.2, 0.25) is 0 Å². The number of methoxy groups -OCH3 is 5. The number of piperazine rings is 1. The van der Waals surface area contributed by atoms with Gasteiger partial charge in [0.15, 0.2) is 11.6 Å². The Morgan fingerprint density at radius 3 is 1.44 bits per heavy atom. The molecule has 2 fully saturated rings. The molecule has 17 heteroatoms. The van der Waals surface area contributed by atoms with Crippen molar-refractivity contribution < 1.29 is 28.1 Å². The van der Waals surface area contributed by atoms with Crippen LogP contribution in [0.5, 0.6) is 0 Å². The van der Waals surface area contributed by atoms with Gasteiger partial charge in [0.1, 0.15) is 11.0 Å². The molecule has 3 aromatic heterocycles. The van der Waals surface area contributed by atoms with Crippen molar-refractivity contribution in [1.29, 1.82) is 0 Å². The molecule has 266 valence electrons. The van der Waals surface area contributed by atoms with E-state index in [2.05, 4.69) is 34.7 Å². The molecule has 5 heterocycles. The monoisotopic (exact) mass is 673 g/mol. The Balaban J connectivity index is 1.64. The molecule has 0 radical (unpaired) electrons. The SMILES string of the molecule is COCCN(CCOC)c1nc(N2CCN(c3nnc(C)o3)CC2)c2nc(N(CCOC)CCOC)nc(N3CCC(OC)CC3)c2n1. The van der Waals surface area contributed by atoms with E-state index in [9.17, 15) is 0 Å². The molecule has 17 nitrogen and oxygen atoms in total. The molecule has 0 unspecified atom stereocenters. The van der Waals surface area contributed by atoms with Gasteiger partial charge in [0.2, 0.25) is 17.8 Å². The Labute approximate surface area is 282 Å². The molecule has 0 atom stereocenters. The highest BCUT2D eigenvalue weighted by molar-refractivity contribution is 5.95. The molecule has 48 heavy (non-hydrogen) atoms. The first-order valence-corrected chi connectivity index (χ1v) is 16.6. The predicted molar refractivity (Wildman–Crippen MR) is 183 cm³/mol. The van der Waals surface area contributed by atoms with Crippen LogP contribution in [0.4, 0.5) is 29.5 Å². The average molecular weight is 674 g/mol. The van der Waals surface area contributed by atoms with Crippen molar-refractivity contribution in [3.63, 3.8) is 0 Å². The molecular formula is C31H51N11O6. The minimum atomic E-state index is 0.215. The molecule has 0 N–H and O–H groups in total. The van der Waals surface area contributed by atoms with E-state index in [0.717, 1.165) is 37.6 Å². The fourth-order valence-corrected chi connectivity index (χ4v) is 5.94. The lowest BCUT2D eigenvalue weighted by Crippen LogP contribution is -2.47. The molecule has 5 rings (SSSR count). The summed E-state index contributed by atoms with van der Waals surface area (Å²) >= 11 is 0. The van der Waals surface area contributed by atoms with E-state index in [1.165, 1.54) is 0 Å². The summed E-state index contributed by atoms with van der Waals surface area (Å²) in [6, 6.07) is 0.531. The second-order valence-electron chi connectivity index (χ2n) is 11.8. The van der Waals surface area contributed by atoms with Crippen molar-refractivity contribution in [2.45, 2.75) is 25.9 Å². The number of nitrogens with zero attached hydrogens (tertiary/aromatic N) is 11. The quantitative estimate of drug-likeness (QED) is 0.190. The number of ether oxygens (including phenoxy) is 5. The second-order valence-corrected chi connectivity index (χ2v) is 11.8. The number of hydrogen-bond acceptors (Lipinski definition) is 17. The molecule has 0 aromatic carbocycles. The van der Waals surface area contributed by atoms with Crippen LogP contribution >= 0.6 is 0 Å². The zero-order chi connectivity index (χ0) is 33.9. The number of aryl methyl sites for hydroxylation is 1. The normalized spacial score (nSPS) is 15.9. The minimum absolute atomic E-state index is 0.215. The number of hydrogen-bond donors (Lipinski definition) is 0. The van der Waals surface area contributed by atoms with E-state index < -0.39 is 0 Å². The summed E-state index contributed by atoms with van der Waals surface area (Å²) in [5, 5.41) is 8.26. The third kappa shape index (κ3) is 8.68. The van der Waals surface area contributed by atoms with E-state index in [1.807, 2.05) is 0 Å². The average Bonchev–Trinajstić information content (AvgIpc) is 3.57. The largest absolute Gasteiger partial charge is 0.408 e. The fraction of sp³-hybridized carbons (Fsp3) is 0.742. The Morgan fingerprint density at radius 2 is 1.04 bits per heavy atom. The zero-order valence-corrected chi connectivity index (χ0v) is 29.3. The van der Waals surface area contributed by atoms with Crippen LogP contribution < -0.4 is 24.5 Å². The van der Waals surface area contributed by atoms with Crippen LogP contribution in [0.25, 0.3) is 11.0 Å². The number of fused-ring (bicyclic) bond motifs is 1. The summed E-state index contributed by atoms with van der Waals surface area (Å²) in [4.78, 5) is 31.8. The van der Waals surface area contributed by atoms with Crippen LogP contribution in [0.3, 0.4) is 0 Å². The summed E-state index contributed by atoms with van der Waals surface area (Å²) in [6.45, 7) is 10.6. The van der Waals surface area contributed by atoms with Gasteiger partial charge in [-0.15, -0.1) is 5.10 Å². The zero-order valence-electron chi connectivity index (χ0n) is 29.3. The first-order valence-electron chi connectivity index (χ1n) is 16.6. The van der Waals surface area contributed by atoms with Gasteiger partial charge < -0.3 is 52.6 Å².